The number of nitrogens with zero attached hydrogens (tertiary/aromatic N) is 1. The topological polar surface area (TPSA) is 41.6 Å². The van der Waals surface area contributed by atoms with Crippen LogP contribution in [0.2, 0.25) is 0 Å². The first kappa shape index (κ1) is 13.7. The Kier molecular flexibility index (Phi) is 5.52. The van der Waals surface area contributed by atoms with E-state index >= 15 is 0 Å². The molecule has 1 amide bonds. The maximum absolute atomic E-state index is 12.1. The molecule has 0 radical (unpaired) electrons. The second-order valence-electron chi connectivity index (χ2n) is 4.38. The van der Waals surface area contributed by atoms with E-state index in [1.165, 1.54) is 0 Å². The molecule has 0 saturated carbocycles. The Bertz CT molecular complexity index is 232. The van der Waals surface area contributed by atoms with E-state index in [-0.39, 0.29) is 24.4 Å². The summed E-state index contributed by atoms with van der Waals surface area (Å²) in [5.74, 6) is 0.530. The Morgan fingerprint density at radius 1 is 1.56 bits per heavy atom. The van der Waals surface area contributed by atoms with E-state index < -0.39 is 0 Å². The van der Waals surface area contributed by atoms with Gasteiger partial charge in [0.25, 0.3) is 0 Å². The Labute approximate surface area is 103 Å². The fourth-order valence-electron chi connectivity index (χ4n) is 2.29. The molecule has 2 aliphatic rings. The molecule has 2 heterocycles. The van der Waals surface area contributed by atoms with Crippen LogP contribution in [0.3, 0.4) is 0 Å². The van der Waals surface area contributed by atoms with Crippen LogP contribution < -0.4 is 5.32 Å². The summed E-state index contributed by atoms with van der Waals surface area (Å²) >= 11 is 0. The van der Waals surface area contributed by atoms with Crippen LogP contribution in [0.1, 0.15) is 19.8 Å². The van der Waals surface area contributed by atoms with Gasteiger partial charge in [-0.15, -0.1) is 12.4 Å². The van der Waals surface area contributed by atoms with Gasteiger partial charge in [0, 0.05) is 19.6 Å². The van der Waals surface area contributed by atoms with E-state index in [2.05, 4.69) is 12.2 Å². The SMILES string of the molecule is CCC1CN(C(=O)[C@H]2CCNC2)CCO1.Cl. The fourth-order valence-corrected chi connectivity index (χ4v) is 2.29. The zero-order valence-corrected chi connectivity index (χ0v) is 10.6. The highest BCUT2D eigenvalue weighted by Crippen LogP contribution is 2.15. The lowest BCUT2D eigenvalue weighted by Crippen LogP contribution is -2.47. The van der Waals surface area contributed by atoms with Gasteiger partial charge in [0.2, 0.25) is 5.91 Å². The molecule has 16 heavy (non-hydrogen) atoms. The maximum atomic E-state index is 12.1. The highest BCUT2D eigenvalue weighted by molar-refractivity contribution is 5.85. The van der Waals surface area contributed by atoms with Crippen molar-refractivity contribution >= 4 is 18.3 Å². The number of ether oxygens (including phenoxy) is 1. The van der Waals surface area contributed by atoms with E-state index in [9.17, 15) is 4.79 Å². The molecule has 0 aromatic rings. The molecule has 1 unspecified atom stereocenters. The van der Waals surface area contributed by atoms with Crippen LogP contribution in [0, 0.1) is 5.92 Å². The summed E-state index contributed by atoms with van der Waals surface area (Å²) in [5, 5.41) is 3.24. The Balaban J connectivity index is 0.00000128. The van der Waals surface area contributed by atoms with Gasteiger partial charge in [-0.25, -0.2) is 0 Å². The summed E-state index contributed by atoms with van der Waals surface area (Å²) in [4.78, 5) is 14.1. The molecule has 2 saturated heterocycles. The molecule has 94 valence electrons. The molecule has 0 aromatic heterocycles. The zero-order chi connectivity index (χ0) is 10.7. The average Bonchev–Trinajstić information content (AvgIpc) is 2.81. The van der Waals surface area contributed by atoms with Gasteiger partial charge >= 0.3 is 0 Å². The minimum Gasteiger partial charge on any atom is -0.375 e. The number of nitrogens with one attached hydrogen (secondary N) is 1. The van der Waals surface area contributed by atoms with Crippen molar-refractivity contribution in [3.63, 3.8) is 0 Å². The van der Waals surface area contributed by atoms with E-state index in [1.54, 1.807) is 0 Å². The molecule has 0 spiro atoms. The summed E-state index contributed by atoms with van der Waals surface area (Å²) in [6, 6.07) is 0. The van der Waals surface area contributed by atoms with Gasteiger partial charge in [0.15, 0.2) is 0 Å². The average molecular weight is 249 g/mol. The van der Waals surface area contributed by atoms with Crippen LogP contribution in [-0.4, -0.2) is 49.7 Å². The molecule has 2 fully saturated rings. The molecule has 2 rings (SSSR count). The van der Waals surface area contributed by atoms with Crippen molar-refractivity contribution < 1.29 is 9.53 Å². The van der Waals surface area contributed by atoms with Gasteiger partial charge < -0.3 is 15.0 Å². The number of morpholine rings is 1. The van der Waals surface area contributed by atoms with Gasteiger partial charge in [-0.05, 0) is 19.4 Å². The van der Waals surface area contributed by atoms with E-state index in [0.717, 1.165) is 39.0 Å². The van der Waals surface area contributed by atoms with E-state index in [0.29, 0.717) is 12.5 Å². The van der Waals surface area contributed by atoms with Crippen molar-refractivity contribution in [1.82, 2.24) is 10.2 Å². The molecule has 0 bridgehead atoms. The normalized spacial score (nSPS) is 29.9. The van der Waals surface area contributed by atoms with Crippen molar-refractivity contribution in [1.29, 1.82) is 0 Å². The van der Waals surface area contributed by atoms with E-state index in [4.69, 9.17) is 4.74 Å². The summed E-state index contributed by atoms with van der Waals surface area (Å²) in [6.07, 6.45) is 2.23. The number of carbonyl (C=O) groups excluding carboxylic acids is 1. The smallest absolute Gasteiger partial charge is 0.227 e. The summed E-state index contributed by atoms with van der Waals surface area (Å²) in [6.45, 7) is 6.20. The van der Waals surface area contributed by atoms with Gasteiger partial charge in [-0.3, -0.25) is 4.79 Å². The number of halogens is 1. The monoisotopic (exact) mass is 248 g/mol. The lowest BCUT2D eigenvalue weighted by molar-refractivity contribution is -0.142. The third-order valence-electron chi connectivity index (χ3n) is 3.32. The zero-order valence-electron chi connectivity index (χ0n) is 9.78. The van der Waals surface area contributed by atoms with Crippen LogP contribution >= 0.6 is 12.4 Å². The van der Waals surface area contributed by atoms with Crippen molar-refractivity contribution in [3.05, 3.63) is 0 Å². The molecule has 2 atom stereocenters. The minimum atomic E-state index is 0. The molecule has 5 heteroatoms. The lowest BCUT2D eigenvalue weighted by atomic mass is 10.1. The molecule has 0 aromatic carbocycles. The van der Waals surface area contributed by atoms with Crippen molar-refractivity contribution in [2.75, 3.05) is 32.8 Å². The highest BCUT2D eigenvalue weighted by atomic mass is 35.5. The van der Waals surface area contributed by atoms with Gasteiger partial charge in [-0.2, -0.15) is 0 Å². The van der Waals surface area contributed by atoms with Gasteiger partial charge in [0.05, 0.1) is 18.6 Å². The minimum absolute atomic E-state index is 0. The molecular weight excluding hydrogens is 228 g/mol. The molecule has 2 aliphatic heterocycles. The lowest BCUT2D eigenvalue weighted by Gasteiger charge is -2.33. The maximum Gasteiger partial charge on any atom is 0.227 e. The summed E-state index contributed by atoms with van der Waals surface area (Å²) in [7, 11) is 0. The van der Waals surface area contributed by atoms with Gasteiger partial charge in [0.1, 0.15) is 0 Å². The number of amides is 1. The Morgan fingerprint density at radius 3 is 3.00 bits per heavy atom. The predicted molar refractivity (Wildman–Crippen MR) is 64.8 cm³/mol. The third kappa shape index (κ3) is 3.09. The fraction of sp³-hybridized carbons (Fsp3) is 0.909. The third-order valence-corrected chi connectivity index (χ3v) is 3.32. The highest BCUT2D eigenvalue weighted by Gasteiger charge is 2.30. The molecular formula is C11H21ClN2O2. The summed E-state index contributed by atoms with van der Waals surface area (Å²) in [5.41, 5.74) is 0. The predicted octanol–water partition coefficient (Wildman–Crippen LogP) is 0.655. The van der Waals surface area contributed by atoms with Crippen molar-refractivity contribution in [2.24, 2.45) is 5.92 Å². The van der Waals surface area contributed by atoms with Crippen LogP contribution in [0.15, 0.2) is 0 Å². The first-order chi connectivity index (χ1) is 7.31. The van der Waals surface area contributed by atoms with Crippen LogP contribution in [-0.2, 0) is 9.53 Å². The largest absolute Gasteiger partial charge is 0.375 e. The Morgan fingerprint density at radius 2 is 2.38 bits per heavy atom. The number of hydrogen-bond donors (Lipinski definition) is 1. The van der Waals surface area contributed by atoms with Gasteiger partial charge in [-0.1, -0.05) is 6.92 Å². The Hall–Kier alpha value is -0.320. The van der Waals surface area contributed by atoms with Crippen molar-refractivity contribution in [2.45, 2.75) is 25.9 Å². The second kappa shape index (κ2) is 6.42. The second-order valence-corrected chi connectivity index (χ2v) is 4.38. The number of carbonyl (C=O) groups is 1. The number of hydrogen-bond acceptors (Lipinski definition) is 3. The molecule has 4 nitrogen and oxygen atoms in total. The molecule has 0 aliphatic carbocycles. The number of rotatable bonds is 2. The molecule has 1 N–H and O–H groups in total. The standard InChI is InChI=1S/C11H20N2O2.ClH/c1-2-10-8-13(5-6-15-10)11(14)9-3-4-12-7-9;/h9-10,12H,2-8H2,1H3;1H/t9-,10?;/m0./s1. The van der Waals surface area contributed by atoms with Crippen LogP contribution in [0.25, 0.3) is 0 Å². The summed E-state index contributed by atoms with van der Waals surface area (Å²) < 4.78 is 5.56. The first-order valence-electron chi connectivity index (χ1n) is 5.92. The van der Waals surface area contributed by atoms with Crippen LogP contribution in [0.4, 0.5) is 0 Å². The van der Waals surface area contributed by atoms with Crippen molar-refractivity contribution in [3.8, 4) is 0 Å². The first-order valence-corrected chi connectivity index (χ1v) is 5.92. The van der Waals surface area contributed by atoms with Crippen LogP contribution in [0.5, 0.6) is 0 Å². The quantitative estimate of drug-likeness (QED) is 0.781. The van der Waals surface area contributed by atoms with E-state index in [1.807, 2.05) is 4.90 Å².